The molecule has 0 aliphatic heterocycles. The fraction of sp³-hybridized carbons (Fsp3) is 0.800. The molecule has 0 bridgehead atoms. The normalized spacial score (nSPS) is 28.8. The van der Waals surface area contributed by atoms with Crippen molar-refractivity contribution < 1.29 is 5.11 Å². The number of hydrogen-bond donors (Lipinski definition) is 2. The first-order chi connectivity index (χ1) is 6.24. The largest absolute Gasteiger partial charge is 0.396 e. The van der Waals surface area contributed by atoms with Crippen molar-refractivity contribution in [1.82, 2.24) is 5.32 Å². The minimum Gasteiger partial charge on any atom is -0.396 e. The van der Waals surface area contributed by atoms with E-state index in [4.69, 9.17) is 16.7 Å². The molecule has 1 rings (SSSR count). The lowest BCUT2D eigenvalue weighted by atomic mass is 9.85. The maximum Gasteiger partial charge on any atom is 0.0474 e. The molecule has 0 saturated heterocycles. The van der Waals surface area contributed by atoms with Gasteiger partial charge in [-0.05, 0) is 18.8 Å². The molecule has 0 radical (unpaired) electrons. The van der Waals surface area contributed by atoms with Crippen molar-refractivity contribution in [3.8, 4) is 0 Å². The maximum absolute atomic E-state index is 9.13. The molecule has 0 spiro atoms. The van der Waals surface area contributed by atoms with Crippen LogP contribution in [0.15, 0.2) is 11.6 Å². The Balaban J connectivity index is 2.31. The molecule has 0 aromatic rings. The molecule has 0 amide bonds. The molecule has 1 aliphatic rings. The van der Waals surface area contributed by atoms with E-state index < -0.39 is 0 Å². The number of rotatable bonds is 4. The van der Waals surface area contributed by atoms with Crippen LogP contribution in [-0.4, -0.2) is 24.3 Å². The molecule has 3 heteroatoms. The van der Waals surface area contributed by atoms with Gasteiger partial charge in [0, 0.05) is 24.2 Å². The van der Waals surface area contributed by atoms with E-state index in [1.54, 1.807) is 0 Å². The zero-order chi connectivity index (χ0) is 9.68. The van der Waals surface area contributed by atoms with Crippen LogP contribution < -0.4 is 5.32 Å². The van der Waals surface area contributed by atoms with Gasteiger partial charge in [-0.1, -0.05) is 31.0 Å². The monoisotopic (exact) mass is 203 g/mol. The topological polar surface area (TPSA) is 32.3 Å². The summed E-state index contributed by atoms with van der Waals surface area (Å²) in [6.45, 7) is 4.57. The highest BCUT2D eigenvalue weighted by Crippen LogP contribution is 2.23. The molecule has 76 valence electrons. The van der Waals surface area contributed by atoms with Crippen molar-refractivity contribution in [2.24, 2.45) is 5.92 Å². The van der Waals surface area contributed by atoms with Gasteiger partial charge in [0.05, 0.1) is 0 Å². The first-order valence-corrected chi connectivity index (χ1v) is 5.29. The van der Waals surface area contributed by atoms with Gasteiger partial charge in [-0.15, -0.1) is 0 Å². The zero-order valence-electron chi connectivity index (χ0n) is 7.93. The van der Waals surface area contributed by atoms with Crippen LogP contribution in [0.4, 0.5) is 0 Å². The molecule has 2 unspecified atom stereocenters. The van der Waals surface area contributed by atoms with E-state index in [1.165, 1.54) is 12.8 Å². The van der Waals surface area contributed by atoms with Crippen molar-refractivity contribution in [3.63, 3.8) is 0 Å². The number of hydrogen-bond acceptors (Lipinski definition) is 2. The molecule has 0 heterocycles. The quantitative estimate of drug-likeness (QED) is 0.732. The highest BCUT2D eigenvalue weighted by atomic mass is 35.5. The molecule has 13 heavy (non-hydrogen) atoms. The third kappa shape index (κ3) is 3.67. The summed E-state index contributed by atoms with van der Waals surface area (Å²) in [6, 6.07) is 0.425. The first kappa shape index (κ1) is 11.0. The average Bonchev–Trinajstić information content (AvgIpc) is 2.15. The number of nitrogens with one attached hydrogen (secondary N) is 1. The van der Waals surface area contributed by atoms with E-state index in [1.807, 2.05) is 0 Å². The van der Waals surface area contributed by atoms with Crippen molar-refractivity contribution >= 4 is 11.6 Å². The van der Waals surface area contributed by atoms with Crippen LogP contribution in [-0.2, 0) is 0 Å². The Morgan fingerprint density at radius 2 is 2.15 bits per heavy atom. The fourth-order valence-corrected chi connectivity index (χ4v) is 2.01. The van der Waals surface area contributed by atoms with Gasteiger partial charge in [0.15, 0.2) is 0 Å². The molecule has 0 aromatic carbocycles. The summed E-state index contributed by atoms with van der Waals surface area (Å²) in [6.07, 6.45) is 4.77. The summed E-state index contributed by atoms with van der Waals surface area (Å²) in [5.41, 5.74) is 0. The van der Waals surface area contributed by atoms with Crippen LogP contribution in [0.5, 0.6) is 0 Å². The van der Waals surface area contributed by atoms with Crippen LogP contribution in [0.3, 0.4) is 0 Å². The zero-order valence-corrected chi connectivity index (χ0v) is 8.69. The van der Waals surface area contributed by atoms with Gasteiger partial charge >= 0.3 is 0 Å². The number of aliphatic hydroxyl groups excluding tert-OH is 1. The van der Waals surface area contributed by atoms with Gasteiger partial charge in [-0.25, -0.2) is 0 Å². The van der Waals surface area contributed by atoms with Crippen LogP contribution in [0.2, 0.25) is 0 Å². The summed E-state index contributed by atoms with van der Waals surface area (Å²) in [5, 5.41) is 13.1. The van der Waals surface area contributed by atoms with E-state index >= 15 is 0 Å². The Morgan fingerprint density at radius 3 is 2.77 bits per heavy atom. The predicted molar refractivity (Wildman–Crippen MR) is 55.8 cm³/mol. The molecular weight excluding hydrogens is 186 g/mol. The fourth-order valence-electron chi connectivity index (χ4n) is 1.94. The van der Waals surface area contributed by atoms with Crippen LogP contribution in [0, 0.1) is 5.92 Å². The Morgan fingerprint density at radius 1 is 1.46 bits per heavy atom. The summed E-state index contributed by atoms with van der Waals surface area (Å²) >= 11 is 5.67. The van der Waals surface area contributed by atoms with E-state index in [-0.39, 0.29) is 6.61 Å². The summed E-state index contributed by atoms with van der Waals surface area (Å²) < 4.78 is 0. The van der Waals surface area contributed by atoms with Gasteiger partial charge in [-0.2, -0.15) is 0 Å². The van der Waals surface area contributed by atoms with E-state index in [0.717, 1.165) is 12.8 Å². The van der Waals surface area contributed by atoms with Crippen molar-refractivity contribution in [1.29, 1.82) is 0 Å². The number of aliphatic hydroxyl groups is 1. The SMILES string of the molecule is C=C(Cl)CNC1CCCCC1CO. The molecule has 2 nitrogen and oxygen atoms in total. The highest BCUT2D eigenvalue weighted by molar-refractivity contribution is 6.29. The third-order valence-electron chi connectivity index (χ3n) is 2.70. The van der Waals surface area contributed by atoms with Crippen LogP contribution in [0.1, 0.15) is 25.7 Å². The van der Waals surface area contributed by atoms with E-state index in [0.29, 0.717) is 23.5 Å². The summed E-state index contributed by atoms with van der Waals surface area (Å²) in [4.78, 5) is 0. The van der Waals surface area contributed by atoms with Gasteiger partial charge in [0.1, 0.15) is 0 Å². The molecule has 1 aliphatic carbocycles. The Hall–Kier alpha value is -0.0500. The second kappa shape index (κ2) is 5.63. The van der Waals surface area contributed by atoms with Gasteiger partial charge in [0.25, 0.3) is 0 Å². The molecule has 1 fully saturated rings. The highest BCUT2D eigenvalue weighted by Gasteiger charge is 2.23. The number of halogens is 1. The van der Waals surface area contributed by atoms with Crippen LogP contribution >= 0.6 is 11.6 Å². The van der Waals surface area contributed by atoms with Crippen molar-refractivity contribution in [3.05, 3.63) is 11.6 Å². The predicted octanol–water partition coefficient (Wildman–Crippen LogP) is 1.88. The van der Waals surface area contributed by atoms with Gasteiger partial charge < -0.3 is 10.4 Å². The maximum atomic E-state index is 9.13. The second-order valence-electron chi connectivity index (χ2n) is 3.73. The van der Waals surface area contributed by atoms with Gasteiger partial charge in [-0.3, -0.25) is 0 Å². The lowest BCUT2D eigenvalue weighted by Crippen LogP contribution is -2.40. The van der Waals surface area contributed by atoms with E-state index in [2.05, 4.69) is 11.9 Å². The second-order valence-corrected chi connectivity index (χ2v) is 4.27. The molecular formula is C10H18ClNO. The minimum absolute atomic E-state index is 0.284. The Bertz CT molecular complexity index is 172. The standard InChI is InChI=1S/C10H18ClNO/c1-8(11)6-12-10-5-3-2-4-9(10)7-13/h9-10,12-13H,1-7H2. The van der Waals surface area contributed by atoms with Gasteiger partial charge in [0.2, 0.25) is 0 Å². The lowest BCUT2D eigenvalue weighted by Gasteiger charge is -2.30. The third-order valence-corrected chi connectivity index (χ3v) is 2.83. The smallest absolute Gasteiger partial charge is 0.0474 e. The van der Waals surface area contributed by atoms with Crippen molar-refractivity contribution in [2.75, 3.05) is 13.2 Å². The lowest BCUT2D eigenvalue weighted by molar-refractivity contribution is 0.155. The average molecular weight is 204 g/mol. The Labute approximate surface area is 85.0 Å². The molecule has 2 atom stereocenters. The van der Waals surface area contributed by atoms with E-state index in [9.17, 15) is 0 Å². The molecule has 2 N–H and O–H groups in total. The van der Waals surface area contributed by atoms with Crippen molar-refractivity contribution in [2.45, 2.75) is 31.7 Å². The first-order valence-electron chi connectivity index (χ1n) is 4.91. The molecule has 0 aromatic heterocycles. The summed E-state index contributed by atoms with van der Waals surface area (Å²) in [7, 11) is 0. The van der Waals surface area contributed by atoms with Crippen LogP contribution in [0.25, 0.3) is 0 Å². The minimum atomic E-state index is 0.284. The summed E-state index contributed by atoms with van der Waals surface area (Å²) in [5.74, 6) is 0.407. The Kier molecular flexibility index (Phi) is 4.78. The molecule has 1 saturated carbocycles.